The Balaban J connectivity index is 2.14. The lowest BCUT2D eigenvalue weighted by molar-refractivity contribution is 0.0961. The third kappa shape index (κ3) is 3.25. The van der Waals surface area contributed by atoms with E-state index in [1.54, 1.807) is 0 Å². The maximum Gasteiger partial charge on any atom is 0.225 e. The summed E-state index contributed by atoms with van der Waals surface area (Å²) in [5.41, 5.74) is 7.06. The minimum Gasteiger partial charge on any atom is -0.474 e. The van der Waals surface area contributed by atoms with Crippen molar-refractivity contribution in [3.8, 4) is 5.88 Å². The van der Waals surface area contributed by atoms with E-state index < -0.39 is 0 Å². The van der Waals surface area contributed by atoms with Crippen LogP contribution in [0, 0.1) is 24.2 Å². The summed E-state index contributed by atoms with van der Waals surface area (Å²) in [6.45, 7) is 6.49. The molecule has 1 fully saturated rings. The van der Waals surface area contributed by atoms with Crippen LogP contribution in [0.4, 0.5) is 0 Å². The molecule has 1 aliphatic rings. The van der Waals surface area contributed by atoms with Crippen molar-refractivity contribution in [2.75, 3.05) is 0 Å². The van der Waals surface area contributed by atoms with E-state index in [1.807, 2.05) is 19.1 Å². The van der Waals surface area contributed by atoms with Crippen molar-refractivity contribution in [3.63, 3.8) is 0 Å². The molecule has 1 aromatic rings. The summed E-state index contributed by atoms with van der Waals surface area (Å²) in [5.74, 6) is 1.96. The first kappa shape index (κ1) is 13.8. The molecule has 2 rings (SSSR count). The SMILES string of the molecule is Cc1ccc(C(=N)N)c(OC2CCC(C)C(C)C2)n1. The molecule has 1 heterocycles. The van der Waals surface area contributed by atoms with Gasteiger partial charge < -0.3 is 10.5 Å². The molecule has 0 spiro atoms. The van der Waals surface area contributed by atoms with Gasteiger partial charge in [0, 0.05) is 5.69 Å². The number of pyridine rings is 1. The van der Waals surface area contributed by atoms with Crippen LogP contribution < -0.4 is 10.5 Å². The zero-order chi connectivity index (χ0) is 14.0. The summed E-state index contributed by atoms with van der Waals surface area (Å²) in [6.07, 6.45) is 3.48. The zero-order valence-electron chi connectivity index (χ0n) is 11.9. The third-order valence-electron chi connectivity index (χ3n) is 4.12. The third-order valence-corrected chi connectivity index (χ3v) is 4.12. The van der Waals surface area contributed by atoms with Crippen LogP contribution in [-0.2, 0) is 0 Å². The molecule has 104 valence electrons. The summed E-state index contributed by atoms with van der Waals surface area (Å²) in [4.78, 5) is 4.39. The summed E-state index contributed by atoms with van der Waals surface area (Å²) >= 11 is 0. The Bertz CT molecular complexity index is 472. The smallest absolute Gasteiger partial charge is 0.225 e. The first-order chi connectivity index (χ1) is 8.97. The van der Waals surface area contributed by atoms with Crippen molar-refractivity contribution in [1.82, 2.24) is 4.98 Å². The molecule has 0 aliphatic heterocycles. The average Bonchev–Trinajstić information content (AvgIpc) is 2.33. The van der Waals surface area contributed by atoms with Crippen LogP contribution in [0.3, 0.4) is 0 Å². The lowest BCUT2D eigenvalue weighted by atomic mass is 9.80. The van der Waals surface area contributed by atoms with Gasteiger partial charge in [0.15, 0.2) is 0 Å². The van der Waals surface area contributed by atoms with E-state index in [9.17, 15) is 0 Å². The van der Waals surface area contributed by atoms with E-state index in [0.717, 1.165) is 24.5 Å². The molecule has 19 heavy (non-hydrogen) atoms. The minimum atomic E-state index is 0.0136. The fourth-order valence-electron chi connectivity index (χ4n) is 2.59. The van der Waals surface area contributed by atoms with Gasteiger partial charge in [0.05, 0.1) is 5.56 Å². The average molecular weight is 261 g/mol. The topological polar surface area (TPSA) is 72.0 Å². The molecule has 4 heteroatoms. The van der Waals surface area contributed by atoms with Gasteiger partial charge in [-0.2, -0.15) is 0 Å². The lowest BCUT2D eigenvalue weighted by Gasteiger charge is -2.32. The summed E-state index contributed by atoms with van der Waals surface area (Å²) < 4.78 is 6.02. The van der Waals surface area contributed by atoms with Crippen LogP contribution in [0.15, 0.2) is 12.1 Å². The molecule has 0 radical (unpaired) electrons. The first-order valence-electron chi connectivity index (χ1n) is 6.96. The second-order valence-corrected chi connectivity index (χ2v) is 5.73. The fourth-order valence-corrected chi connectivity index (χ4v) is 2.59. The largest absolute Gasteiger partial charge is 0.474 e. The van der Waals surface area contributed by atoms with Gasteiger partial charge in [-0.05, 0) is 50.2 Å². The Morgan fingerprint density at radius 2 is 2.05 bits per heavy atom. The van der Waals surface area contributed by atoms with E-state index in [-0.39, 0.29) is 11.9 Å². The van der Waals surface area contributed by atoms with Crippen molar-refractivity contribution in [2.45, 2.75) is 46.1 Å². The number of nitrogens with zero attached hydrogens (tertiary/aromatic N) is 1. The van der Waals surface area contributed by atoms with Crippen molar-refractivity contribution >= 4 is 5.84 Å². The standard InChI is InChI=1S/C15H23N3O/c1-9-4-6-12(8-10(9)2)19-15-13(14(16)17)7-5-11(3)18-15/h5,7,9-10,12H,4,6,8H2,1-3H3,(H3,16,17). The molecular weight excluding hydrogens is 238 g/mol. The predicted octanol–water partition coefficient (Wildman–Crippen LogP) is 2.88. The van der Waals surface area contributed by atoms with Crippen LogP contribution >= 0.6 is 0 Å². The molecule has 0 saturated heterocycles. The summed E-state index contributed by atoms with van der Waals surface area (Å²) in [5, 5.41) is 7.59. The number of nitrogens with two attached hydrogens (primary N) is 1. The van der Waals surface area contributed by atoms with Gasteiger partial charge in [-0.15, -0.1) is 0 Å². The van der Waals surface area contributed by atoms with Gasteiger partial charge >= 0.3 is 0 Å². The molecule has 3 N–H and O–H groups in total. The quantitative estimate of drug-likeness (QED) is 0.649. The van der Waals surface area contributed by atoms with Crippen LogP contribution in [0.2, 0.25) is 0 Å². The molecular formula is C15H23N3O. The van der Waals surface area contributed by atoms with E-state index in [0.29, 0.717) is 17.4 Å². The second-order valence-electron chi connectivity index (χ2n) is 5.73. The molecule has 4 nitrogen and oxygen atoms in total. The number of hydrogen-bond acceptors (Lipinski definition) is 3. The highest BCUT2D eigenvalue weighted by atomic mass is 16.5. The summed E-state index contributed by atoms with van der Waals surface area (Å²) in [6, 6.07) is 3.67. The molecule has 0 bridgehead atoms. The zero-order valence-corrected chi connectivity index (χ0v) is 11.9. The molecule has 1 aromatic heterocycles. The van der Waals surface area contributed by atoms with Crippen molar-refractivity contribution < 1.29 is 4.74 Å². The monoisotopic (exact) mass is 261 g/mol. The van der Waals surface area contributed by atoms with Crippen molar-refractivity contribution in [2.24, 2.45) is 17.6 Å². The number of aromatic nitrogens is 1. The maximum atomic E-state index is 7.59. The van der Waals surface area contributed by atoms with E-state index in [2.05, 4.69) is 18.8 Å². The van der Waals surface area contributed by atoms with E-state index in [4.69, 9.17) is 15.9 Å². The van der Waals surface area contributed by atoms with Gasteiger partial charge in [0.2, 0.25) is 5.88 Å². The highest BCUT2D eigenvalue weighted by Crippen LogP contribution is 2.32. The Morgan fingerprint density at radius 1 is 1.32 bits per heavy atom. The fraction of sp³-hybridized carbons (Fsp3) is 0.600. The lowest BCUT2D eigenvalue weighted by Crippen LogP contribution is -2.30. The Hall–Kier alpha value is -1.58. The Labute approximate surface area is 114 Å². The van der Waals surface area contributed by atoms with Crippen molar-refractivity contribution in [3.05, 3.63) is 23.4 Å². The minimum absolute atomic E-state index is 0.0136. The Morgan fingerprint density at radius 3 is 2.68 bits per heavy atom. The number of nitrogens with one attached hydrogen (secondary N) is 1. The highest BCUT2D eigenvalue weighted by Gasteiger charge is 2.26. The van der Waals surface area contributed by atoms with E-state index >= 15 is 0 Å². The number of aryl methyl sites for hydroxylation is 1. The Kier molecular flexibility index (Phi) is 4.08. The molecule has 0 aromatic carbocycles. The number of ether oxygens (including phenoxy) is 1. The number of hydrogen-bond donors (Lipinski definition) is 2. The van der Waals surface area contributed by atoms with Crippen LogP contribution in [0.25, 0.3) is 0 Å². The van der Waals surface area contributed by atoms with Crippen molar-refractivity contribution in [1.29, 1.82) is 5.41 Å². The number of rotatable bonds is 3. The maximum absolute atomic E-state index is 7.59. The number of amidine groups is 1. The van der Waals surface area contributed by atoms with Crippen LogP contribution in [0.1, 0.15) is 44.4 Å². The van der Waals surface area contributed by atoms with Gasteiger partial charge in [0.1, 0.15) is 11.9 Å². The van der Waals surface area contributed by atoms with Gasteiger partial charge in [-0.1, -0.05) is 13.8 Å². The van der Waals surface area contributed by atoms with Crippen LogP contribution in [-0.4, -0.2) is 16.9 Å². The normalized spacial score (nSPS) is 27.0. The highest BCUT2D eigenvalue weighted by molar-refractivity contribution is 5.97. The van der Waals surface area contributed by atoms with E-state index in [1.165, 1.54) is 6.42 Å². The first-order valence-corrected chi connectivity index (χ1v) is 6.96. The molecule has 3 unspecified atom stereocenters. The molecule has 1 aliphatic carbocycles. The predicted molar refractivity (Wildman–Crippen MR) is 76.6 cm³/mol. The molecule has 3 atom stereocenters. The van der Waals surface area contributed by atoms with Gasteiger partial charge in [0.25, 0.3) is 0 Å². The van der Waals surface area contributed by atoms with Gasteiger partial charge in [-0.25, -0.2) is 4.98 Å². The van der Waals surface area contributed by atoms with Crippen LogP contribution in [0.5, 0.6) is 5.88 Å². The number of nitrogen functional groups attached to an aromatic ring is 1. The summed E-state index contributed by atoms with van der Waals surface area (Å²) in [7, 11) is 0. The molecule has 1 saturated carbocycles. The molecule has 0 amide bonds. The van der Waals surface area contributed by atoms with Gasteiger partial charge in [-0.3, -0.25) is 5.41 Å². The second kappa shape index (κ2) is 5.59.